The van der Waals surface area contributed by atoms with E-state index in [2.05, 4.69) is 4.98 Å². The van der Waals surface area contributed by atoms with Gasteiger partial charge in [-0.1, -0.05) is 0 Å². The summed E-state index contributed by atoms with van der Waals surface area (Å²) in [5.74, 6) is -0.629. The van der Waals surface area contributed by atoms with E-state index in [0.29, 0.717) is 24.3 Å². The van der Waals surface area contributed by atoms with Crippen LogP contribution in [0.1, 0.15) is 30.1 Å². The molecule has 0 radical (unpaired) electrons. The zero-order valence-corrected chi connectivity index (χ0v) is 10.8. The normalized spacial score (nSPS) is 23.1. The Morgan fingerprint density at radius 1 is 1.47 bits per heavy atom. The molecule has 2 rings (SSSR count). The first-order chi connectivity index (χ1) is 8.92. The summed E-state index contributed by atoms with van der Waals surface area (Å²) >= 11 is 0. The van der Waals surface area contributed by atoms with Crippen molar-refractivity contribution in [3.63, 3.8) is 0 Å². The Morgan fingerprint density at radius 2 is 2.21 bits per heavy atom. The number of anilines is 1. The number of primary amides is 1. The molecule has 19 heavy (non-hydrogen) atoms. The Kier molecular flexibility index (Phi) is 3.42. The molecule has 2 heterocycles. The van der Waals surface area contributed by atoms with Crippen LogP contribution in [-0.2, 0) is 4.79 Å². The summed E-state index contributed by atoms with van der Waals surface area (Å²) in [4.78, 5) is 28.4. The van der Waals surface area contributed by atoms with Gasteiger partial charge in [0.05, 0.1) is 11.0 Å². The largest absolute Gasteiger partial charge is 0.481 e. The molecule has 6 nitrogen and oxygen atoms in total. The molecule has 1 fully saturated rings. The van der Waals surface area contributed by atoms with E-state index in [-0.39, 0.29) is 0 Å². The minimum Gasteiger partial charge on any atom is -0.481 e. The lowest BCUT2D eigenvalue weighted by Gasteiger charge is -2.38. The molecule has 1 amide bonds. The number of nitrogens with two attached hydrogens (primary N) is 1. The average Bonchev–Trinajstić information content (AvgIpc) is 2.39. The highest BCUT2D eigenvalue weighted by atomic mass is 16.4. The van der Waals surface area contributed by atoms with Crippen LogP contribution in [0.3, 0.4) is 0 Å². The standard InChI is InChI=1S/C13H17N3O3/c1-13(12(18)19)5-2-6-16(8-13)10-4-3-9(7-15-10)11(14)17/h3-4,7H,2,5-6,8H2,1H3,(H2,14,17)(H,18,19). The topological polar surface area (TPSA) is 96.5 Å². The molecule has 0 spiro atoms. The smallest absolute Gasteiger partial charge is 0.311 e. The van der Waals surface area contributed by atoms with E-state index in [1.807, 2.05) is 4.90 Å². The molecule has 1 aromatic heterocycles. The van der Waals surface area contributed by atoms with Crippen LogP contribution in [0.4, 0.5) is 5.82 Å². The maximum atomic E-state index is 11.3. The molecule has 1 saturated heterocycles. The lowest BCUT2D eigenvalue weighted by atomic mass is 9.82. The van der Waals surface area contributed by atoms with Crippen molar-refractivity contribution in [2.24, 2.45) is 11.1 Å². The number of hydrogen-bond donors (Lipinski definition) is 2. The van der Waals surface area contributed by atoms with Gasteiger partial charge < -0.3 is 15.7 Å². The maximum Gasteiger partial charge on any atom is 0.311 e. The molecule has 0 aromatic carbocycles. The van der Waals surface area contributed by atoms with Crippen molar-refractivity contribution in [1.82, 2.24) is 4.98 Å². The number of rotatable bonds is 3. The quantitative estimate of drug-likeness (QED) is 0.843. The Morgan fingerprint density at radius 3 is 2.74 bits per heavy atom. The molecule has 1 aromatic rings. The zero-order valence-electron chi connectivity index (χ0n) is 10.8. The van der Waals surface area contributed by atoms with Crippen molar-refractivity contribution < 1.29 is 14.7 Å². The van der Waals surface area contributed by atoms with Gasteiger partial charge in [-0.05, 0) is 31.9 Å². The van der Waals surface area contributed by atoms with Gasteiger partial charge in [0, 0.05) is 19.3 Å². The number of carbonyl (C=O) groups excluding carboxylic acids is 1. The summed E-state index contributed by atoms with van der Waals surface area (Å²) in [7, 11) is 0. The van der Waals surface area contributed by atoms with Gasteiger partial charge in [0.2, 0.25) is 5.91 Å². The maximum absolute atomic E-state index is 11.3. The first-order valence-corrected chi connectivity index (χ1v) is 6.16. The fourth-order valence-corrected chi connectivity index (χ4v) is 2.33. The first kappa shape index (κ1) is 13.3. The lowest BCUT2D eigenvalue weighted by molar-refractivity contribution is -0.148. The molecular weight excluding hydrogens is 246 g/mol. The Balaban J connectivity index is 2.17. The molecule has 0 bridgehead atoms. The summed E-state index contributed by atoms with van der Waals surface area (Å²) in [6.07, 6.45) is 2.89. The van der Waals surface area contributed by atoms with Crippen molar-refractivity contribution in [2.45, 2.75) is 19.8 Å². The van der Waals surface area contributed by atoms with Crippen LogP contribution in [0, 0.1) is 5.41 Å². The molecule has 1 unspecified atom stereocenters. The molecule has 1 aliphatic rings. The molecule has 6 heteroatoms. The Labute approximate surface area is 111 Å². The minimum atomic E-state index is -0.786. The molecule has 1 atom stereocenters. The van der Waals surface area contributed by atoms with E-state index in [0.717, 1.165) is 13.0 Å². The van der Waals surface area contributed by atoms with Gasteiger partial charge in [-0.3, -0.25) is 9.59 Å². The average molecular weight is 263 g/mol. The van der Waals surface area contributed by atoms with Crippen molar-refractivity contribution in [2.75, 3.05) is 18.0 Å². The van der Waals surface area contributed by atoms with Gasteiger partial charge in [0.15, 0.2) is 0 Å². The van der Waals surface area contributed by atoms with Gasteiger partial charge in [-0.25, -0.2) is 4.98 Å². The minimum absolute atomic E-state index is 0.349. The predicted octanol–water partition coefficient (Wildman–Crippen LogP) is 0.872. The Hall–Kier alpha value is -2.11. The van der Waals surface area contributed by atoms with E-state index < -0.39 is 17.3 Å². The second kappa shape index (κ2) is 4.87. The molecule has 0 aliphatic carbocycles. The second-order valence-corrected chi connectivity index (χ2v) is 5.16. The number of pyridine rings is 1. The number of nitrogens with zero attached hydrogens (tertiary/aromatic N) is 2. The van der Waals surface area contributed by atoms with Gasteiger partial charge in [-0.15, -0.1) is 0 Å². The number of carboxylic acids is 1. The van der Waals surface area contributed by atoms with Gasteiger partial charge in [0.1, 0.15) is 5.82 Å². The number of hydrogen-bond acceptors (Lipinski definition) is 4. The monoisotopic (exact) mass is 263 g/mol. The van der Waals surface area contributed by atoms with Crippen LogP contribution in [0.5, 0.6) is 0 Å². The molecular formula is C13H17N3O3. The Bertz CT molecular complexity index is 500. The summed E-state index contributed by atoms with van der Waals surface area (Å²) < 4.78 is 0. The first-order valence-electron chi connectivity index (χ1n) is 6.16. The van der Waals surface area contributed by atoms with E-state index in [1.54, 1.807) is 19.1 Å². The fraction of sp³-hybridized carbons (Fsp3) is 0.462. The van der Waals surface area contributed by atoms with Crippen molar-refractivity contribution >= 4 is 17.7 Å². The van der Waals surface area contributed by atoms with Crippen LogP contribution in [0.2, 0.25) is 0 Å². The number of aromatic nitrogens is 1. The number of amides is 1. The number of aliphatic carboxylic acids is 1. The van der Waals surface area contributed by atoms with Crippen molar-refractivity contribution in [3.05, 3.63) is 23.9 Å². The highest BCUT2D eigenvalue weighted by Gasteiger charge is 2.38. The number of piperidine rings is 1. The van der Waals surface area contributed by atoms with E-state index in [9.17, 15) is 14.7 Å². The molecule has 3 N–H and O–H groups in total. The van der Waals surface area contributed by atoms with Crippen LogP contribution in [0.25, 0.3) is 0 Å². The lowest BCUT2D eigenvalue weighted by Crippen LogP contribution is -2.46. The van der Waals surface area contributed by atoms with Crippen LogP contribution < -0.4 is 10.6 Å². The zero-order chi connectivity index (χ0) is 14.0. The third-order valence-corrected chi connectivity index (χ3v) is 3.57. The van der Waals surface area contributed by atoms with E-state index in [1.165, 1.54) is 6.20 Å². The number of carboxylic acid groups (broad SMARTS) is 1. The molecule has 102 valence electrons. The summed E-state index contributed by atoms with van der Waals surface area (Å²) in [5, 5.41) is 9.27. The number of carbonyl (C=O) groups is 2. The third-order valence-electron chi connectivity index (χ3n) is 3.57. The van der Waals surface area contributed by atoms with Crippen molar-refractivity contribution in [3.8, 4) is 0 Å². The predicted molar refractivity (Wildman–Crippen MR) is 69.9 cm³/mol. The van der Waals surface area contributed by atoms with Crippen molar-refractivity contribution in [1.29, 1.82) is 0 Å². The fourth-order valence-electron chi connectivity index (χ4n) is 2.33. The summed E-state index contributed by atoms with van der Waals surface area (Å²) in [6.45, 7) is 2.94. The highest BCUT2D eigenvalue weighted by molar-refractivity contribution is 5.92. The van der Waals surface area contributed by atoms with Gasteiger partial charge >= 0.3 is 5.97 Å². The van der Waals surface area contributed by atoms with E-state index in [4.69, 9.17) is 5.73 Å². The molecule has 0 saturated carbocycles. The van der Waals surface area contributed by atoms with E-state index >= 15 is 0 Å². The SMILES string of the molecule is CC1(C(=O)O)CCCN(c2ccc(C(N)=O)cn2)C1. The van der Waals surface area contributed by atoms with Crippen LogP contribution >= 0.6 is 0 Å². The highest BCUT2D eigenvalue weighted by Crippen LogP contribution is 2.31. The van der Waals surface area contributed by atoms with Crippen LogP contribution in [0.15, 0.2) is 18.3 Å². The van der Waals surface area contributed by atoms with Crippen LogP contribution in [-0.4, -0.2) is 35.1 Å². The van der Waals surface area contributed by atoms with Gasteiger partial charge in [-0.2, -0.15) is 0 Å². The second-order valence-electron chi connectivity index (χ2n) is 5.16. The third kappa shape index (κ3) is 2.67. The van der Waals surface area contributed by atoms with Gasteiger partial charge in [0.25, 0.3) is 0 Å². The summed E-state index contributed by atoms with van der Waals surface area (Å²) in [6, 6.07) is 3.31. The summed E-state index contributed by atoms with van der Waals surface area (Å²) in [5.41, 5.74) is 4.76. The molecule has 1 aliphatic heterocycles.